The number of methoxy groups -OCH3 is 1. The molecular weight excluding hydrogens is 320 g/mol. The lowest BCUT2D eigenvalue weighted by atomic mass is 10.1. The minimum atomic E-state index is -0.415. The maximum absolute atomic E-state index is 12.2. The Bertz CT molecular complexity index is 763. The van der Waals surface area contributed by atoms with Crippen LogP contribution in [0, 0.1) is 5.41 Å². The van der Waals surface area contributed by atoms with Crippen LogP contribution in [0.25, 0.3) is 0 Å². The summed E-state index contributed by atoms with van der Waals surface area (Å²) in [5, 5.41) is 13.1. The molecule has 2 rings (SSSR count). The second-order valence-corrected chi connectivity index (χ2v) is 5.50. The summed E-state index contributed by atoms with van der Waals surface area (Å²) in [6, 6.07) is 10.5. The van der Waals surface area contributed by atoms with Crippen molar-refractivity contribution in [3.05, 3.63) is 53.2 Å². The molecule has 2 amide bonds. The molecule has 7 N–H and O–H groups in total. The van der Waals surface area contributed by atoms with Gasteiger partial charge in [-0.15, -0.1) is 0 Å². The summed E-state index contributed by atoms with van der Waals surface area (Å²) in [5.41, 5.74) is 13.4. The molecule has 0 aliphatic carbocycles. The molecule has 8 nitrogen and oxygen atoms in total. The maximum atomic E-state index is 12.2. The van der Waals surface area contributed by atoms with Gasteiger partial charge in [0.25, 0.3) is 0 Å². The van der Waals surface area contributed by atoms with Crippen molar-refractivity contribution in [2.45, 2.75) is 19.6 Å². The van der Waals surface area contributed by atoms with Crippen molar-refractivity contribution in [1.29, 1.82) is 5.41 Å². The first-order chi connectivity index (χ1) is 11.9. The first-order valence-electron chi connectivity index (χ1n) is 7.67. The third-order valence-corrected chi connectivity index (χ3v) is 3.56. The summed E-state index contributed by atoms with van der Waals surface area (Å²) in [6.07, 6.45) is 0. The highest BCUT2D eigenvalue weighted by Gasteiger charge is 2.15. The van der Waals surface area contributed by atoms with E-state index < -0.39 is 6.03 Å². The van der Waals surface area contributed by atoms with Crippen LogP contribution >= 0.6 is 0 Å². The molecule has 0 fully saturated rings. The number of benzene rings is 1. The number of anilines is 2. The Hall–Kier alpha value is -3.13. The molecule has 1 aromatic heterocycles. The van der Waals surface area contributed by atoms with E-state index in [1.54, 1.807) is 0 Å². The monoisotopic (exact) mass is 342 g/mol. The number of hydrogen-bond acceptors (Lipinski definition) is 5. The number of ether oxygens (including phenoxy) is 1. The molecule has 1 unspecified atom stereocenters. The predicted molar refractivity (Wildman–Crippen MR) is 97.4 cm³/mol. The predicted octanol–water partition coefficient (Wildman–Crippen LogP) is 1.98. The van der Waals surface area contributed by atoms with Crippen LogP contribution in [0.15, 0.2) is 36.4 Å². The number of nitrogens with zero attached hydrogens (tertiary/aromatic N) is 1. The van der Waals surface area contributed by atoms with Crippen molar-refractivity contribution >= 4 is 23.4 Å². The van der Waals surface area contributed by atoms with Gasteiger partial charge in [-0.2, -0.15) is 0 Å². The Morgan fingerprint density at radius 3 is 2.64 bits per heavy atom. The van der Waals surface area contributed by atoms with Crippen LogP contribution in [0.3, 0.4) is 0 Å². The number of hydrogen-bond donors (Lipinski definition) is 5. The van der Waals surface area contributed by atoms with Gasteiger partial charge >= 0.3 is 6.03 Å². The number of nitrogens with one attached hydrogen (secondary N) is 3. The number of aromatic nitrogens is 1. The number of rotatable bonds is 6. The molecule has 0 saturated carbocycles. The number of nitrogen functional groups attached to an aromatic ring is 2. The van der Waals surface area contributed by atoms with Crippen molar-refractivity contribution in [3.63, 3.8) is 0 Å². The molecule has 1 atom stereocenters. The lowest BCUT2D eigenvalue weighted by Crippen LogP contribution is -2.31. The highest BCUT2D eigenvalue weighted by Crippen LogP contribution is 2.20. The molecule has 25 heavy (non-hydrogen) atoms. The van der Waals surface area contributed by atoms with Gasteiger partial charge in [0.2, 0.25) is 0 Å². The van der Waals surface area contributed by atoms with E-state index in [1.165, 1.54) is 13.2 Å². The fourth-order valence-electron chi connectivity index (χ4n) is 2.41. The number of nitrogens with two attached hydrogens (primary N) is 2. The molecule has 1 heterocycles. The van der Waals surface area contributed by atoms with Crippen molar-refractivity contribution in [2.75, 3.05) is 18.2 Å². The second-order valence-electron chi connectivity index (χ2n) is 5.50. The van der Waals surface area contributed by atoms with E-state index in [4.69, 9.17) is 21.6 Å². The highest BCUT2D eigenvalue weighted by molar-refractivity contribution is 6.01. The lowest BCUT2D eigenvalue weighted by molar-refractivity contribution is 0.181. The van der Waals surface area contributed by atoms with Gasteiger partial charge in [-0.1, -0.05) is 30.3 Å². The van der Waals surface area contributed by atoms with Crippen LogP contribution in [-0.2, 0) is 11.3 Å². The number of amides is 2. The third kappa shape index (κ3) is 4.67. The zero-order valence-corrected chi connectivity index (χ0v) is 14.2. The summed E-state index contributed by atoms with van der Waals surface area (Å²) >= 11 is 0. The first kappa shape index (κ1) is 18.2. The van der Waals surface area contributed by atoms with Crippen LogP contribution < -0.4 is 22.1 Å². The van der Waals surface area contributed by atoms with Gasteiger partial charge in [0.05, 0.1) is 23.9 Å². The summed E-state index contributed by atoms with van der Waals surface area (Å²) in [4.78, 5) is 16.5. The van der Waals surface area contributed by atoms with Crippen LogP contribution in [0.5, 0.6) is 0 Å². The van der Waals surface area contributed by atoms with Gasteiger partial charge in [0.15, 0.2) is 0 Å². The van der Waals surface area contributed by atoms with E-state index in [1.807, 2.05) is 37.3 Å². The van der Waals surface area contributed by atoms with Crippen molar-refractivity contribution < 1.29 is 9.53 Å². The number of pyridine rings is 1. The zero-order valence-electron chi connectivity index (χ0n) is 14.2. The van der Waals surface area contributed by atoms with E-state index in [9.17, 15) is 4.79 Å². The molecule has 0 aliphatic rings. The molecule has 0 aliphatic heterocycles. The molecule has 0 bridgehead atoms. The fourth-order valence-corrected chi connectivity index (χ4v) is 2.41. The van der Waals surface area contributed by atoms with Gasteiger partial charge in [0.1, 0.15) is 11.7 Å². The van der Waals surface area contributed by atoms with Gasteiger partial charge in [-0.25, -0.2) is 9.78 Å². The number of amidine groups is 1. The summed E-state index contributed by atoms with van der Waals surface area (Å²) in [5.74, 6) is 0.0538. The van der Waals surface area contributed by atoms with Crippen molar-refractivity contribution in [1.82, 2.24) is 10.3 Å². The molecular formula is C17H22N6O2. The van der Waals surface area contributed by atoms with Crippen LogP contribution in [0.4, 0.5) is 16.3 Å². The summed E-state index contributed by atoms with van der Waals surface area (Å²) in [7, 11) is 1.50. The van der Waals surface area contributed by atoms with E-state index in [0.29, 0.717) is 11.3 Å². The van der Waals surface area contributed by atoms with Crippen molar-refractivity contribution in [3.8, 4) is 0 Å². The average molecular weight is 342 g/mol. The Labute approximate surface area is 146 Å². The Balaban J connectivity index is 2.14. The largest absolute Gasteiger partial charge is 0.398 e. The van der Waals surface area contributed by atoms with E-state index in [-0.39, 0.29) is 30.0 Å². The van der Waals surface area contributed by atoms with Crippen LogP contribution in [-0.4, -0.2) is 24.0 Å². The maximum Gasteiger partial charge on any atom is 0.320 e. The molecule has 2 aromatic rings. The van der Waals surface area contributed by atoms with Crippen LogP contribution in [0.1, 0.15) is 29.8 Å². The number of carbonyl (C=O) groups excluding carboxylic acids is 1. The average Bonchev–Trinajstić information content (AvgIpc) is 2.55. The van der Waals surface area contributed by atoms with E-state index >= 15 is 0 Å². The Kier molecular flexibility index (Phi) is 5.91. The SMILES string of the molecule is COCc1nc(NC(=O)NC(C)c2ccccc2)cc(N)c1C(=N)N. The molecule has 8 heteroatoms. The quantitative estimate of drug-likeness (QED) is 0.403. The van der Waals surface area contributed by atoms with Gasteiger partial charge in [-0.05, 0) is 12.5 Å². The minimum absolute atomic E-state index is 0.122. The standard InChI is InChI=1S/C17H22N6O2/c1-10(11-6-4-3-5-7-11)21-17(24)23-14-8-12(18)15(16(19)20)13(22-14)9-25-2/h3-8,10H,9H2,1-2H3,(H3,19,20)(H4,18,21,22,23,24). The van der Waals surface area contributed by atoms with Gasteiger partial charge in [-0.3, -0.25) is 10.7 Å². The van der Waals surface area contributed by atoms with Crippen LogP contribution in [0.2, 0.25) is 0 Å². The zero-order chi connectivity index (χ0) is 18.4. The molecule has 1 aromatic carbocycles. The Morgan fingerprint density at radius 1 is 1.36 bits per heavy atom. The fraction of sp³-hybridized carbons (Fsp3) is 0.235. The Morgan fingerprint density at radius 2 is 2.04 bits per heavy atom. The lowest BCUT2D eigenvalue weighted by Gasteiger charge is -2.16. The van der Waals surface area contributed by atoms with E-state index in [0.717, 1.165) is 5.56 Å². The normalized spacial score (nSPS) is 11.6. The second kappa shape index (κ2) is 8.11. The number of urea groups is 1. The van der Waals surface area contributed by atoms with Gasteiger partial charge < -0.3 is 21.5 Å². The first-order valence-corrected chi connectivity index (χ1v) is 7.67. The topological polar surface area (TPSA) is 139 Å². The summed E-state index contributed by atoms with van der Waals surface area (Å²) in [6.45, 7) is 2.00. The molecule has 132 valence electrons. The number of carbonyl (C=O) groups is 1. The molecule has 0 spiro atoms. The van der Waals surface area contributed by atoms with E-state index in [2.05, 4.69) is 15.6 Å². The van der Waals surface area contributed by atoms with Crippen molar-refractivity contribution in [2.24, 2.45) is 5.73 Å². The highest BCUT2D eigenvalue weighted by atomic mass is 16.5. The third-order valence-electron chi connectivity index (χ3n) is 3.56. The minimum Gasteiger partial charge on any atom is -0.398 e. The molecule has 0 radical (unpaired) electrons. The summed E-state index contributed by atoms with van der Waals surface area (Å²) < 4.78 is 5.06. The molecule has 0 saturated heterocycles. The van der Waals surface area contributed by atoms with Gasteiger partial charge in [0, 0.05) is 18.9 Å². The smallest absolute Gasteiger partial charge is 0.320 e.